The minimum atomic E-state index is -0.624. The molecule has 0 bridgehead atoms. The lowest BCUT2D eigenvalue weighted by Crippen LogP contribution is -2.46. The lowest BCUT2D eigenvalue weighted by atomic mass is 9.93. The zero-order valence-electron chi connectivity index (χ0n) is 15.1. The molecule has 1 aliphatic heterocycles. The highest BCUT2D eigenvalue weighted by Gasteiger charge is 2.30. The number of amides is 1. The molecule has 138 valence electrons. The molecule has 3 rings (SSSR count). The number of benzene rings is 2. The van der Waals surface area contributed by atoms with Gasteiger partial charge in [-0.3, -0.25) is 4.79 Å². The number of hydrogen-bond acceptors (Lipinski definition) is 4. The van der Waals surface area contributed by atoms with Crippen LogP contribution in [0.2, 0.25) is 0 Å². The first-order valence-electron chi connectivity index (χ1n) is 9.00. The maximum atomic E-state index is 12.7. The third-order valence-electron chi connectivity index (χ3n) is 4.86. The molecule has 5 nitrogen and oxygen atoms in total. The van der Waals surface area contributed by atoms with Crippen LogP contribution in [0.25, 0.3) is 0 Å². The van der Waals surface area contributed by atoms with E-state index in [0.717, 1.165) is 12.0 Å². The molecule has 0 saturated heterocycles. The Kier molecular flexibility index (Phi) is 6.39. The molecule has 1 unspecified atom stereocenters. The predicted molar refractivity (Wildman–Crippen MR) is 101 cm³/mol. The van der Waals surface area contributed by atoms with E-state index in [4.69, 9.17) is 4.74 Å². The Labute approximate surface area is 154 Å². The van der Waals surface area contributed by atoms with Crippen LogP contribution in [-0.4, -0.2) is 49.3 Å². The van der Waals surface area contributed by atoms with Crippen LogP contribution in [0.5, 0.6) is 0 Å². The van der Waals surface area contributed by atoms with E-state index in [-0.39, 0.29) is 18.5 Å². The summed E-state index contributed by atoms with van der Waals surface area (Å²) >= 11 is 0. The number of ether oxygens (including phenoxy) is 1. The van der Waals surface area contributed by atoms with E-state index >= 15 is 0 Å². The molecule has 2 aromatic carbocycles. The molecule has 0 aliphatic carbocycles. The Bertz CT molecular complexity index is 720. The van der Waals surface area contributed by atoms with Crippen molar-refractivity contribution in [3.63, 3.8) is 0 Å². The number of carbonyl (C=O) groups is 1. The van der Waals surface area contributed by atoms with Gasteiger partial charge in [0.05, 0.1) is 25.3 Å². The zero-order chi connectivity index (χ0) is 18.4. The number of fused-ring (bicyclic) bond motifs is 1. The molecule has 1 amide bonds. The van der Waals surface area contributed by atoms with Crippen molar-refractivity contribution >= 4 is 5.91 Å². The number of nitrogens with one attached hydrogen (secondary N) is 1. The van der Waals surface area contributed by atoms with Gasteiger partial charge in [0.2, 0.25) is 5.91 Å². The van der Waals surface area contributed by atoms with E-state index in [1.807, 2.05) is 47.4 Å². The monoisotopic (exact) mass is 354 g/mol. The van der Waals surface area contributed by atoms with Crippen molar-refractivity contribution in [1.82, 2.24) is 10.2 Å². The lowest BCUT2D eigenvalue weighted by Gasteiger charge is -2.37. The van der Waals surface area contributed by atoms with E-state index < -0.39 is 6.10 Å². The number of methoxy groups -OCH3 is 1. The van der Waals surface area contributed by atoms with Gasteiger partial charge < -0.3 is 20.1 Å². The maximum absolute atomic E-state index is 12.7. The second kappa shape index (κ2) is 8.94. The summed E-state index contributed by atoms with van der Waals surface area (Å²) in [7, 11) is 1.66. The molecule has 1 heterocycles. The van der Waals surface area contributed by atoms with Crippen LogP contribution >= 0.6 is 0 Å². The topological polar surface area (TPSA) is 61.8 Å². The van der Waals surface area contributed by atoms with Crippen molar-refractivity contribution in [3.05, 3.63) is 71.3 Å². The van der Waals surface area contributed by atoms with Crippen LogP contribution in [-0.2, 0) is 16.0 Å². The summed E-state index contributed by atoms with van der Waals surface area (Å²) < 4.78 is 5.36. The number of rotatable bonds is 7. The summed E-state index contributed by atoms with van der Waals surface area (Å²) in [5.41, 5.74) is 3.29. The van der Waals surface area contributed by atoms with Gasteiger partial charge in [-0.05, 0) is 23.1 Å². The van der Waals surface area contributed by atoms with Crippen molar-refractivity contribution < 1.29 is 14.6 Å². The standard InChI is InChI=1S/C21H26N2O3/c1-26-15-19-18-10-6-5-7-16(18)11-12-23(19)21(25)14-22-13-20(24)17-8-3-2-4-9-17/h2-10,19-20,22,24H,11-15H2,1H3/t19?,20-/m0/s1. The van der Waals surface area contributed by atoms with Gasteiger partial charge in [0.1, 0.15) is 0 Å². The van der Waals surface area contributed by atoms with Gasteiger partial charge in [-0.1, -0.05) is 54.6 Å². The lowest BCUT2D eigenvalue weighted by molar-refractivity contribution is -0.134. The molecule has 0 aromatic heterocycles. The van der Waals surface area contributed by atoms with Crippen molar-refractivity contribution in [1.29, 1.82) is 0 Å². The zero-order valence-corrected chi connectivity index (χ0v) is 15.1. The molecule has 1 aliphatic rings. The van der Waals surface area contributed by atoms with Crippen molar-refractivity contribution in [3.8, 4) is 0 Å². The SMILES string of the molecule is COCC1c2ccccc2CCN1C(=O)CNC[C@H](O)c1ccccc1. The molecule has 2 aromatic rings. The average Bonchev–Trinajstić information content (AvgIpc) is 2.69. The predicted octanol–water partition coefficient (Wildman–Crippen LogP) is 2.08. The quantitative estimate of drug-likeness (QED) is 0.799. The summed E-state index contributed by atoms with van der Waals surface area (Å²) in [4.78, 5) is 14.6. The fourth-order valence-electron chi connectivity index (χ4n) is 3.50. The highest BCUT2D eigenvalue weighted by molar-refractivity contribution is 5.79. The Morgan fingerprint density at radius 3 is 2.73 bits per heavy atom. The number of aliphatic hydroxyl groups is 1. The molecule has 0 fully saturated rings. The summed E-state index contributed by atoms with van der Waals surface area (Å²) in [5, 5.41) is 13.3. The minimum Gasteiger partial charge on any atom is -0.387 e. The molecular formula is C21H26N2O3. The van der Waals surface area contributed by atoms with E-state index in [0.29, 0.717) is 19.7 Å². The molecule has 2 atom stereocenters. The van der Waals surface area contributed by atoms with Gasteiger partial charge in [0.25, 0.3) is 0 Å². The van der Waals surface area contributed by atoms with Crippen LogP contribution in [0.4, 0.5) is 0 Å². The van der Waals surface area contributed by atoms with E-state index in [1.54, 1.807) is 7.11 Å². The molecule has 5 heteroatoms. The number of carbonyl (C=O) groups excluding carboxylic acids is 1. The van der Waals surface area contributed by atoms with Crippen molar-refractivity contribution in [2.24, 2.45) is 0 Å². The van der Waals surface area contributed by atoms with Gasteiger partial charge in [-0.25, -0.2) is 0 Å². The van der Waals surface area contributed by atoms with Crippen LogP contribution in [0, 0.1) is 0 Å². The van der Waals surface area contributed by atoms with Gasteiger partial charge in [0, 0.05) is 20.2 Å². The fourth-order valence-corrected chi connectivity index (χ4v) is 3.50. The van der Waals surface area contributed by atoms with Gasteiger partial charge in [-0.15, -0.1) is 0 Å². The Morgan fingerprint density at radius 2 is 1.96 bits per heavy atom. The van der Waals surface area contributed by atoms with E-state index in [2.05, 4.69) is 17.4 Å². The van der Waals surface area contributed by atoms with Crippen LogP contribution in [0.15, 0.2) is 54.6 Å². The Morgan fingerprint density at radius 1 is 1.23 bits per heavy atom. The average molecular weight is 354 g/mol. The smallest absolute Gasteiger partial charge is 0.237 e. The fraction of sp³-hybridized carbons (Fsp3) is 0.381. The molecule has 0 spiro atoms. The summed E-state index contributed by atoms with van der Waals surface area (Å²) in [6, 6.07) is 17.6. The Hall–Kier alpha value is -2.21. The first-order chi connectivity index (χ1) is 12.7. The van der Waals surface area contributed by atoms with Gasteiger partial charge in [0.15, 0.2) is 0 Å². The molecule has 0 saturated carbocycles. The second-order valence-corrected chi connectivity index (χ2v) is 6.56. The van der Waals surface area contributed by atoms with E-state index in [9.17, 15) is 9.90 Å². The van der Waals surface area contributed by atoms with Crippen molar-refractivity contribution in [2.45, 2.75) is 18.6 Å². The molecule has 0 radical (unpaired) electrons. The second-order valence-electron chi connectivity index (χ2n) is 6.56. The summed E-state index contributed by atoms with van der Waals surface area (Å²) in [5.74, 6) is 0.0295. The first-order valence-corrected chi connectivity index (χ1v) is 9.00. The number of hydrogen-bond donors (Lipinski definition) is 2. The highest BCUT2D eigenvalue weighted by atomic mass is 16.5. The molecule has 26 heavy (non-hydrogen) atoms. The van der Waals surface area contributed by atoms with Gasteiger partial charge >= 0.3 is 0 Å². The van der Waals surface area contributed by atoms with Crippen molar-refractivity contribution in [2.75, 3.05) is 33.4 Å². The molecule has 2 N–H and O–H groups in total. The normalized spacial score (nSPS) is 17.6. The number of aliphatic hydroxyl groups excluding tert-OH is 1. The van der Waals surface area contributed by atoms with Crippen LogP contribution < -0.4 is 5.32 Å². The van der Waals surface area contributed by atoms with Crippen LogP contribution in [0.1, 0.15) is 28.8 Å². The summed E-state index contributed by atoms with van der Waals surface area (Å²) in [6.45, 7) is 1.71. The largest absolute Gasteiger partial charge is 0.387 e. The first kappa shape index (κ1) is 18.6. The molecular weight excluding hydrogens is 328 g/mol. The maximum Gasteiger partial charge on any atom is 0.237 e. The third kappa shape index (κ3) is 4.30. The number of nitrogens with zero attached hydrogens (tertiary/aromatic N) is 1. The van der Waals surface area contributed by atoms with E-state index in [1.165, 1.54) is 11.1 Å². The van der Waals surface area contributed by atoms with Gasteiger partial charge in [-0.2, -0.15) is 0 Å². The summed E-state index contributed by atoms with van der Waals surface area (Å²) in [6.07, 6.45) is 0.232. The van der Waals surface area contributed by atoms with Crippen LogP contribution in [0.3, 0.4) is 0 Å². The minimum absolute atomic E-state index is 0.0295. The third-order valence-corrected chi connectivity index (χ3v) is 4.86. The highest BCUT2D eigenvalue weighted by Crippen LogP contribution is 2.29. The Balaban J connectivity index is 1.58.